The molecule has 28 heavy (non-hydrogen) atoms. The van der Waals surface area contributed by atoms with E-state index in [2.05, 4.69) is 0 Å². The van der Waals surface area contributed by atoms with Crippen LogP contribution in [0.25, 0.3) is 6.08 Å². The van der Waals surface area contributed by atoms with Crippen LogP contribution in [-0.4, -0.2) is 25.0 Å². The smallest absolute Gasteiger partial charge is 0.416 e. The van der Waals surface area contributed by atoms with Gasteiger partial charge in [0.2, 0.25) is 0 Å². The van der Waals surface area contributed by atoms with Gasteiger partial charge in [-0.05, 0) is 35.9 Å². The largest absolute Gasteiger partial charge is 0.452 e. The number of ether oxygens (including phenoxy) is 1. The molecule has 0 N–H and O–H groups in total. The van der Waals surface area contributed by atoms with Crippen LogP contribution < -0.4 is 4.90 Å². The van der Waals surface area contributed by atoms with Gasteiger partial charge in [0.1, 0.15) is 6.54 Å². The normalized spacial score (nSPS) is 11.1. The van der Waals surface area contributed by atoms with Crippen LogP contribution in [0.1, 0.15) is 11.1 Å². The molecule has 8 heteroatoms. The van der Waals surface area contributed by atoms with Crippen molar-refractivity contribution in [1.82, 2.24) is 0 Å². The van der Waals surface area contributed by atoms with E-state index in [0.29, 0.717) is 5.69 Å². The molecule has 1 amide bonds. The summed E-state index contributed by atoms with van der Waals surface area (Å²) >= 11 is 0. The number of halogens is 3. The van der Waals surface area contributed by atoms with E-state index >= 15 is 0 Å². The number of nitrogens with zero attached hydrogens (tertiary/aromatic N) is 2. The lowest BCUT2D eigenvalue weighted by atomic mass is 10.1. The molecular weight excluding hydrogens is 373 g/mol. The molecule has 0 aliphatic heterocycles. The summed E-state index contributed by atoms with van der Waals surface area (Å²) in [4.78, 5) is 25.1. The third kappa shape index (κ3) is 5.99. The number of nitriles is 1. The van der Waals surface area contributed by atoms with Crippen LogP contribution in [0.3, 0.4) is 0 Å². The minimum atomic E-state index is -4.49. The monoisotopic (exact) mass is 388 g/mol. The van der Waals surface area contributed by atoms with Crippen LogP contribution in [0.4, 0.5) is 18.9 Å². The average molecular weight is 388 g/mol. The van der Waals surface area contributed by atoms with E-state index < -0.39 is 30.2 Å². The molecule has 0 atom stereocenters. The first kappa shape index (κ1) is 20.7. The van der Waals surface area contributed by atoms with Gasteiger partial charge in [0, 0.05) is 11.8 Å². The van der Waals surface area contributed by atoms with Gasteiger partial charge in [-0.1, -0.05) is 30.3 Å². The minimum absolute atomic E-state index is 0.161. The molecule has 0 radical (unpaired) electrons. The van der Waals surface area contributed by atoms with Crippen molar-refractivity contribution in [2.45, 2.75) is 6.18 Å². The Morgan fingerprint density at radius 1 is 1.11 bits per heavy atom. The van der Waals surface area contributed by atoms with Crippen molar-refractivity contribution in [2.75, 3.05) is 18.1 Å². The second-order valence-corrected chi connectivity index (χ2v) is 5.54. The summed E-state index contributed by atoms with van der Waals surface area (Å²) in [6.07, 6.45) is -2.40. The maximum atomic E-state index is 12.7. The SMILES string of the molecule is N#CCN(C(=O)COC(=O)/C=C/c1cccc(C(F)(F)F)c1)c1ccccc1. The van der Waals surface area contributed by atoms with Crippen LogP contribution in [0.2, 0.25) is 0 Å². The van der Waals surface area contributed by atoms with Gasteiger partial charge in [0.15, 0.2) is 6.61 Å². The molecular formula is C20H15F3N2O3. The van der Waals surface area contributed by atoms with Gasteiger partial charge in [0.25, 0.3) is 5.91 Å². The first-order valence-electron chi connectivity index (χ1n) is 8.05. The van der Waals surface area contributed by atoms with Crippen molar-refractivity contribution in [3.05, 3.63) is 71.8 Å². The highest BCUT2D eigenvalue weighted by Crippen LogP contribution is 2.29. The van der Waals surface area contributed by atoms with Crippen molar-refractivity contribution in [3.63, 3.8) is 0 Å². The Labute approximate surface area is 159 Å². The number of carbonyl (C=O) groups is 2. The number of alkyl halides is 3. The fourth-order valence-electron chi connectivity index (χ4n) is 2.24. The fraction of sp³-hybridized carbons (Fsp3) is 0.150. The molecule has 0 spiro atoms. The zero-order chi connectivity index (χ0) is 20.6. The van der Waals surface area contributed by atoms with Crippen LogP contribution in [0.15, 0.2) is 60.7 Å². The van der Waals surface area contributed by atoms with E-state index in [1.807, 2.05) is 6.07 Å². The van der Waals surface area contributed by atoms with Crippen LogP contribution in [0.5, 0.6) is 0 Å². The lowest BCUT2D eigenvalue weighted by molar-refractivity contribution is -0.142. The molecule has 0 saturated heterocycles. The van der Waals surface area contributed by atoms with E-state index in [1.165, 1.54) is 12.1 Å². The third-order valence-corrected chi connectivity index (χ3v) is 3.56. The van der Waals surface area contributed by atoms with Crippen molar-refractivity contribution in [3.8, 4) is 6.07 Å². The Hall–Kier alpha value is -3.60. The zero-order valence-corrected chi connectivity index (χ0v) is 14.5. The van der Waals surface area contributed by atoms with Crippen molar-refractivity contribution in [1.29, 1.82) is 5.26 Å². The molecule has 0 unspecified atom stereocenters. The van der Waals surface area contributed by atoms with Crippen LogP contribution in [0, 0.1) is 11.3 Å². The summed E-state index contributed by atoms with van der Waals surface area (Å²) in [5.74, 6) is -1.50. The van der Waals surface area contributed by atoms with Gasteiger partial charge < -0.3 is 4.74 Å². The Kier molecular flexibility index (Phi) is 6.93. The number of esters is 1. The summed E-state index contributed by atoms with van der Waals surface area (Å²) in [7, 11) is 0. The Balaban J connectivity index is 1.97. The van der Waals surface area contributed by atoms with Crippen LogP contribution >= 0.6 is 0 Å². The van der Waals surface area contributed by atoms with E-state index in [-0.39, 0.29) is 12.1 Å². The van der Waals surface area contributed by atoms with Crippen LogP contribution in [-0.2, 0) is 20.5 Å². The van der Waals surface area contributed by atoms with Crippen molar-refractivity contribution in [2.24, 2.45) is 0 Å². The Bertz CT molecular complexity index is 903. The summed E-state index contributed by atoms with van der Waals surface area (Å²) in [5.41, 5.74) is -0.202. The lowest BCUT2D eigenvalue weighted by Gasteiger charge is -2.19. The molecule has 5 nitrogen and oxygen atoms in total. The topological polar surface area (TPSA) is 70.4 Å². The molecule has 0 heterocycles. The number of amides is 1. The minimum Gasteiger partial charge on any atom is -0.452 e. The highest BCUT2D eigenvalue weighted by Gasteiger charge is 2.30. The molecule has 0 bridgehead atoms. The average Bonchev–Trinajstić information content (AvgIpc) is 2.69. The molecule has 2 rings (SSSR count). The molecule has 2 aromatic carbocycles. The van der Waals surface area contributed by atoms with Gasteiger partial charge >= 0.3 is 12.1 Å². The number of hydrogen-bond donors (Lipinski definition) is 0. The maximum absolute atomic E-state index is 12.7. The predicted octanol–water partition coefficient (Wildman–Crippen LogP) is 3.82. The summed E-state index contributed by atoms with van der Waals surface area (Å²) in [6.45, 7) is -0.831. The second kappa shape index (κ2) is 9.37. The number of hydrogen-bond acceptors (Lipinski definition) is 4. The van der Waals surface area contributed by atoms with E-state index in [9.17, 15) is 22.8 Å². The quantitative estimate of drug-likeness (QED) is 0.429. The highest BCUT2D eigenvalue weighted by atomic mass is 19.4. The molecule has 0 aliphatic rings. The van der Waals surface area contributed by atoms with Crippen molar-refractivity contribution >= 4 is 23.6 Å². The molecule has 0 aromatic heterocycles. The number of carbonyl (C=O) groups excluding carboxylic acids is 2. The Morgan fingerprint density at radius 3 is 2.46 bits per heavy atom. The van der Waals surface area contributed by atoms with E-state index in [0.717, 1.165) is 29.2 Å². The number of benzene rings is 2. The molecule has 2 aromatic rings. The maximum Gasteiger partial charge on any atom is 0.416 e. The third-order valence-electron chi connectivity index (χ3n) is 3.56. The number of rotatable bonds is 6. The lowest BCUT2D eigenvalue weighted by Crippen LogP contribution is -2.34. The van der Waals surface area contributed by atoms with Gasteiger partial charge in [0.05, 0.1) is 11.6 Å². The highest BCUT2D eigenvalue weighted by molar-refractivity contribution is 5.96. The standard InChI is InChI=1S/C20H15F3N2O3/c21-20(22,23)16-6-4-5-15(13-16)9-10-19(27)28-14-18(26)25(12-11-24)17-7-2-1-3-8-17/h1-10,13H,12,14H2/b10-9+. The molecule has 0 saturated carbocycles. The van der Waals surface area contributed by atoms with Gasteiger partial charge in [-0.25, -0.2) is 4.79 Å². The molecule has 0 fully saturated rings. The summed E-state index contributed by atoms with van der Waals surface area (Å²) in [6, 6.07) is 14.7. The van der Waals surface area contributed by atoms with Gasteiger partial charge in [-0.3, -0.25) is 9.69 Å². The van der Waals surface area contributed by atoms with E-state index in [4.69, 9.17) is 10.00 Å². The number of anilines is 1. The summed E-state index contributed by atoms with van der Waals surface area (Å²) < 4.78 is 42.8. The van der Waals surface area contributed by atoms with Gasteiger partial charge in [-0.15, -0.1) is 0 Å². The first-order chi connectivity index (χ1) is 13.3. The molecule has 0 aliphatic carbocycles. The Morgan fingerprint density at radius 2 is 1.82 bits per heavy atom. The van der Waals surface area contributed by atoms with E-state index in [1.54, 1.807) is 30.3 Å². The second-order valence-electron chi connectivity index (χ2n) is 5.54. The number of para-hydroxylation sites is 1. The first-order valence-corrected chi connectivity index (χ1v) is 8.05. The fourth-order valence-corrected chi connectivity index (χ4v) is 2.24. The zero-order valence-electron chi connectivity index (χ0n) is 14.5. The molecule has 144 valence electrons. The predicted molar refractivity (Wildman–Crippen MR) is 95.8 cm³/mol. The van der Waals surface area contributed by atoms with Crippen molar-refractivity contribution < 1.29 is 27.5 Å². The summed E-state index contributed by atoms with van der Waals surface area (Å²) in [5, 5.41) is 8.87. The van der Waals surface area contributed by atoms with Gasteiger partial charge in [-0.2, -0.15) is 18.4 Å².